The fraction of sp³-hybridized carbons (Fsp3) is 0. The van der Waals surface area contributed by atoms with Gasteiger partial charge in [0.2, 0.25) is 0 Å². The van der Waals surface area contributed by atoms with Crippen LogP contribution in [0.2, 0.25) is 0 Å². The Morgan fingerprint density at radius 1 is 1.50 bits per heavy atom. The minimum Gasteiger partial charge on any atom is -1.00 e. The minimum absolute atomic E-state index is 0. The smallest absolute Gasteiger partial charge is 1.00 e. The molecule has 0 aliphatic rings. The van der Waals surface area contributed by atoms with Crippen LogP contribution in [0.5, 0.6) is 0 Å². The second-order valence-corrected chi connectivity index (χ2v) is 1.73. The van der Waals surface area contributed by atoms with Gasteiger partial charge in [0.1, 0.15) is 0 Å². The summed E-state index contributed by atoms with van der Waals surface area (Å²) in [6.45, 7) is 0. The maximum absolute atomic E-state index is 9.33. The maximum Gasteiger partial charge on any atom is 2.00 e. The summed E-state index contributed by atoms with van der Waals surface area (Å²) >= 11 is 0. The summed E-state index contributed by atoms with van der Waals surface area (Å²) in [6, 6.07) is 0. The van der Waals surface area contributed by atoms with Crippen molar-refractivity contribution in [2.45, 2.75) is 0 Å². The fourth-order valence-corrected chi connectivity index (χ4v) is 0.231. The quantitative estimate of drug-likeness (QED) is 0.254. The van der Waals surface area contributed by atoms with Crippen LogP contribution in [0.4, 0.5) is 0 Å². The third kappa shape index (κ3) is 15.9. The van der Waals surface area contributed by atoms with Gasteiger partial charge >= 0.3 is 61.6 Å². The second kappa shape index (κ2) is 6.36. The van der Waals surface area contributed by atoms with Crippen molar-refractivity contribution in [2.24, 2.45) is 0 Å². The SMILES string of the molecule is O=[N+]([O-])OS(=O)(=O)O.[H-].[H-].[H-].[H-].[Mg+2].[Mg+2]. The summed E-state index contributed by atoms with van der Waals surface area (Å²) in [7, 11) is -4.92. The Labute approximate surface area is 94.4 Å². The van der Waals surface area contributed by atoms with Crippen molar-refractivity contribution in [3.8, 4) is 0 Å². The topological polar surface area (TPSA) is 107 Å². The first-order valence-electron chi connectivity index (χ1n) is 1.23. The Hall–Kier alpha value is 0.642. The zero-order valence-corrected chi connectivity index (χ0v) is 8.40. The Morgan fingerprint density at radius 3 is 1.80 bits per heavy atom. The first-order chi connectivity index (χ1) is 3.42. The molecule has 0 heterocycles. The van der Waals surface area contributed by atoms with Gasteiger partial charge < -0.3 is 5.71 Å². The van der Waals surface area contributed by atoms with Gasteiger partial charge in [-0.1, -0.05) is 0 Å². The summed E-state index contributed by atoms with van der Waals surface area (Å²) in [5.41, 5.74) is 0. The molecule has 0 atom stereocenters. The summed E-state index contributed by atoms with van der Waals surface area (Å²) in [5, 5.41) is 7.43. The molecule has 0 fully saturated rings. The molecule has 0 aromatic rings. The van der Waals surface area contributed by atoms with E-state index in [1.165, 1.54) is 0 Å². The van der Waals surface area contributed by atoms with Crippen LogP contribution < -0.4 is 0 Å². The predicted octanol–water partition coefficient (Wildman–Crippen LogP) is -1.31. The molecule has 0 radical (unpaired) electrons. The van der Waals surface area contributed by atoms with Crippen molar-refractivity contribution in [1.29, 1.82) is 0 Å². The van der Waals surface area contributed by atoms with Crippen LogP contribution in [0.25, 0.3) is 0 Å². The fourth-order valence-electron chi connectivity index (χ4n) is 0.0769. The van der Waals surface area contributed by atoms with E-state index in [0.717, 1.165) is 0 Å². The zero-order chi connectivity index (χ0) is 6.78. The molecule has 0 aliphatic carbocycles. The molecule has 0 rings (SSSR count). The molecule has 10 heteroatoms. The van der Waals surface area contributed by atoms with E-state index in [1.54, 1.807) is 0 Å². The number of hydrogen-bond acceptors (Lipinski definition) is 5. The van der Waals surface area contributed by atoms with Gasteiger partial charge in [-0.25, -0.2) is 0 Å². The van der Waals surface area contributed by atoms with Crippen molar-refractivity contribution in [3.05, 3.63) is 10.1 Å². The van der Waals surface area contributed by atoms with Crippen LogP contribution in [-0.4, -0.2) is 64.2 Å². The first-order valence-corrected chi connectivity index (χ1v) is 2.60. The number of rotatable bonds is 2. The van der Waals surface area contributed by atoms with Crippen LogP contribution in [0.15, 0.2) is 0 Å². The van der Waals surface area contributed by atoms with Crippen LogP contribution in [-0.2, 0) is 14.7 Å². The molecule has 0 saturated heterocycles. The van der Waals surface area contributed by atoms with E-state index in [2.05, 4.69) is 4.28 Å². The maximum atomic E-state index is 9.33. The van der Waals surface area contributed by atoms with Crippen molar-refractivity contribution in [1.82, 2.24) is 0 Å². The monoisotopic (exact) mass is 195 g/mol. The second-order valence-electron chi connectivity index (χ2n) is 0.726. The van der Waals surface area contributed by atoms with Gasteiger partial charge in [0, 0.05) is 0 Å². The molecule has 56 valence electrons. The van der Waals surface area contributed by atoms with E-state index in [-0.39, 0.29) is 51.8 Å². The molecule has 0 aliphatic heterocycles. The molecule has 10 heavy (non-hydrogen) atoms. The van der Waals surface area contributed by atoms with Crippen molar-refractivity contribution < 1.29 is 28.0 Å². The summed E-state index contributed by atoms with van der Waals surface area (Å²) in [6.07, 6.45) is 0. The molecule has 0 unspecified atom stereocenters. The first kappa shape index (κ1) is 16.9. The predicted molar refractivity (Wildman–Crippen MR) is 35.6 cm³/mol. The van der Waals surface area contributed by atoms with Gasteiger partial charge in [-0.2, -0.15) is 12.7 Å². The molecule has 7 nitrogen and oxygen atoms in total. The largest absolute Gasteiger partial charge is 2.00 e. The van der Waals surface area contributed by atoms with Crippen molar-refractivity contribution in [3.63, 3.8) is 0 Å². The third-order valence-corrected chi connectivity index (χ3v) is 0.465. The van der Waals surface area contributed by atoms with Crippen molar-refractivity contribution in [2.75, 3.05) is 0 Å². The Kier molecular flexibility index (Phi) is 10.8. The molecule has 0 amide bonds. The van der Waals surface area contributed by atoms with Gasteiger partial charge in [0.15, 0.2) is 0 Å². The standard InChI is InChI=1S/2Mg.HNO6S.4H/c;;2-1(3)7-8(4,5)6;;;;/h;;(H,4,5,6);;;;/q2*+2;;4*-1. The van der Waals surface area contributed by atoms with E-state index < -0.39 is 15.5 Å². The van der Waals surface area contributed by atoms with Crippen molar-refractivity contribution >= 4 is 56.5 Å². The molecule has 0 aromatic heterocycles. The molecule has 1 N–H and O–H groups in total. The van der Waals surface area contributed by atoms with Gasteiger partial charge in [-0.15, -0.1) is 10.1 Å². The normalized spacial score (nSPS) is 8.50. The zero-order valence-electron chi connectivity index (χ0n) is 8.76. The Bertz CT molecular complexity index is 194. The molecule has 0 aromatic carbocycles. The van der Waals surface area contributed by atoms with Crippen LogP contribution >= 0.6 is 0 Å². The molecular weight excluding hydrogens is 191 g/mol. The van der Waals surface area contributed by atoms with E-state index in [1.807, 2.05) is 0 Å². The van der Waals surface area contributed by atoms with Gasteiger partial charge in [-0.05, 0) is 0 Å². The van der Waals surface area contributed by atoms with E-state index in [9.17, 15) is 8.42 Å². The van der Waals surface area contributed by atoms with E-state index >= 15 is 0 Å². The van der Waals surface area contributed by atoms with Gasteiger partial charge in [0.25, 0.3) is 0 Å². The average molecular weight is 196 g/mol. The summed E-state index contributed by atoms with van der Waals surface area (Å²) in [5.74, 6) is 0. The van der Waals surface area contributed by atoms with Gasteiger partial charge in [-0.3, -0.25) is 4.55 Å². The average Bonchev–Trinajstić information content (AvgIpc) is 1.21. The van der Waals surface area contributed by atoms with Gasteiger partial charge in [0.05, 0.1) is 0 Å². The molecule has 0 bridgehead atoms. The summed E-state index contributed by atoms with van der Waals surface area (Å²) < 4.78 is 28.9. The Balaban J connectivity index is -0.0000000163. The van der Waals surface area contributed by atoms with E-state index in [0.29, 0.717) is 0 Å². The third-order valence-electron chi connectivity index (χ3n) is 0.155. The summed E-state index contributed by atoms with van der Waals surface area (Å²) in [4.78, 5) is 9.06. The van der Waals surface area contributed by atoms with Crippen LogP contribution in [0.3, 0.4) is 0 Å². The minimum atomic E-state index is -4.92. The molecule has 0 saturated carbocycles. The number of hydrogen-bond donors (Lipinski definition) is 1. The molecular formula is H5Mg2NO6S. The number of nitrogens with zero attached hydrogens (tertiary/aromatic N) is 1. The van der Waals surface area contributed by atoms with Crippen LogP contribution in [0.1, 0.15) is 5.71 Å². The van der Waals surface area contributed by atoms with E-state index in [4.69, 9.17) is 14.7 Å². The molecule has 0 spiro atoms. The Morgan fingerprint density at radius 2 is 1.80 bits per heavy atom. The van der Waals surface area contributed by atoms with Crippen LogP contribution in [0, 0.1) is 10.1 Å².